The second-order valence-corrected chi connectivity index (χ2v) is 4.76. The van der Waals surface area contributed by atoms with Gasteiger partial charge < -0.3 is 15.4 Å². The maximum Gasteiger partial charge on any atom is 0.269 e. The Kier molecular flexibility index (Phi) is 7.87. The fourth-order valence-electron chi connectivity index (χ4n) is 2.01. The number of ether oxygens (including phenoxy) is 1. The Bertz CT molecular complexity index is 620. The maximum atomic E-state index is 10.6. The van der Waals surface area contributed by atoms with E-state index in [-0.39, 0.29) is 18.1 Å². The molecule has 2 aromatic carbocycles. The van der Waals surface area contributed by atoms with Crippen LogP contribution in [0.5, 0.6) is 5.75 Å². The fraction of sp³-hybridized carbons (Fsp3) is 0.250. The molecule has 0 aliphatic heterocycles. The molecule has 7 heteroatoms. The maximum absolute atomic E-state index is 10.6. The van der Waals surface area contributed by atoms with Crippen molar-refractivity contribution in [2.24, 2.45) is 0 Å². The third kappa shape index (κ3) is 6.14. The van der Waals surface area contributed by atoms with E-state index in [4.69, 9.17) is 4.74 Å². The van der Waals surface area contributed by atoms with E-state index in [1.165, 1.54) is 12.1 Å². The first-order valence-corrected chi connectivity index (χ1v) is 7.01. The van der Waals surface area contributed by atoms with Crippen molar-refractivity contribution in [1.29, 1.82) is 0 Å². The van der Waals surface area contributed by atoms with Gasteiger partial charge in [-0.1, -0.05) is 12.1 Å². The molecule has 0 aromatic heterocycles. The van der Waals surface area contributed by atoms with Crippen LogP contribution in [0.25, 0.3) is 0 Å². The molecular formula is C16H20ClN3O3. The van der Waals surface area contributed by atoms with Gasteiger partial charge in [-0.15, -0.1) is 12.4 Å². The van der Waals surface area contributed by atoms with E-state index >= 15 is 0 Å². The summed E-state index contributed by atoms with van der Waals surface area (Å²) in [5.41, 5.74) is 2.13. The van der Waals surface area contributed by atoms with Crippen LogP contribution in [0.1, 0.15) is 5.56 Å². The van der Waals surface area contributed by atoms with Crippen molar-refractivity contribution in [1.82, 2.24) is 5.32 Å². The quantitative estimate of drug-likeness (QED) is 0.439. The van der Waals surface area contributed by atoms with Crippen LogP contribution < -0.4 is 15.4 Å². The van der Waals surface area contributed by atoms with Crippen LogP contribution in [0, 0.1) is 10.1 Å². The first-order chi connectivity index (χ1) is 10.7. The summed E-state index contributed by atoms with van der Waals surface area (Å²) >= 11 is 0. The molecule has 0 atom stereocenters. The summed E-state index contributed by atoms with van der Waals surface area (Å²) in [5, 5.41) is 17.1. The zero-order chi connectivity index (χ0) is 15.8. The van der Waals surface area contributed by atoms with Gasteiger partial charge in [0, 0.05) is 37.5 Å². The van der Waals surface area contributed by atoms with Crippen molar-refractivity contribution in [2.75, 3.05) is 25.5 Å². The molecule has 2 aromatic rings. The van der Waals surface area contributed by atoms with Gasteiger partial charge in [-0.05, 0) is 29.8 Å². The SMILES string of the molecule is COc1cccc(CNCCNc2ccc([N+](=O)[O-])cc2)c1.Cl. The lowest BCUT2D eigenvalue weighted by atomic mass is 10.2. The Morgan fingerprint density at radius 2 is 1.87 bits per heavy atom. The number of nitro groups is 1. The number of nitrogens with one attached hydrogen (secondary N) is 2. The zero-order valence-corrected chi connectivity index (χ0v) is 13.6. The molecule has 0 saturated carbocycles. The first-order valence-electron chi connectivity index (χ1n) is 7.01. The second kappa shape index (κ2) is 9.66. The minimum Gasteiger partial charge on any atom is -0.497 e. The Morgan fingerprint density at radius 1 is 1.13 bits per heavy atom. The van der Waals surface area contributed by atoms with E-state index < -0.39 is 4.92 Å². The van der Waals surface area contributed by atoms with Crippen LogP contribution >= 0.6 is 12.4 Å². The number of hydrogen-bond donors (Lipinski definition) is 2. The highest BCUT2D eigenvalue weighted by Gasteiger charge is 2.03. The van der Waals surface area contributed by atoms with Crippen molar-refractivity contribution in [3.63, 3.8) is 0 Å². The summed E-state index contributed by atoms with van der Waals surface area (Å²) < 4.78 is 5.18. The van der Waals surface area contributed by atoms with Crippen LogP contribution in [0.4, 0.5) is 11.4 Å². The predicted octanol–water partition coefficient (Wildman–Crippen LogP) is 3.23. The molecule has 0 aliphatic carbocycles. The van der Waals surface area contributed by atoms with Crippen LogP contribution in [0.15, 0.2) is 48.5 Å². The molecule has 0 heterocycles. The molecule has 0 aliphatic rings. The van der Waals surface area contributed by atoms with Crippen LogP contribution in [-0.4, -0.2) is 25.1 Å². The Morgan fingerprint density at radius 3 is 2.52 bits per heavy atom. The lowest BCUT2D eigenvalue weighted by Gasteiger charge is -2.08. The van der Waals surface area contributed by atoms with Crippen molar-refractivity contribution >= 4 is 23.8 Å². The third-order valence-corrected chi connectivity index (χ3v) is 3.17. The topological polar surface area (TPSA) is 76.4 Å². The smallest absolute Gasteiger partial charge is 0.269 e. The first kappa shape index (κ1) is 18.7. The highest BCUT2D eigenvalue weighted by atomic mass is 35.5. The molecule has 0 amide bonds. The number of non-ortho nitro benzene ring substituents is 1. The minimum absolute atomic E-state index is 0. The normalized spacial score (nSPS) is 9.78. The lowest BCUT2D eigenvalue weighted by molar-refractivity contribution is -0.384. The van der Waals surface area contributed by atoms with Crippen molar-refractivity contribution < 1.29 is 9.66 Å². The Hall–Kier alpha value is -2.31. The van der Waals surface area contributed by atoms with Gasteiger partial charge in [-0.25, -0.2) is 0 Å². The number of nitro benzene ring substituents is 1. The molecular weight excluding hydrogens is 318 g/mol. The van der Waals surface area contributed by atoms with Gasteiger partial charge in [-0.3, -0.25) is 10.1 Å². The van der Waals surface area contributed by atoms with Gasteiger partial charge in [-0.2, -0.15) is 0 Å². The van der Waals surface area contributed by atoms with E-state index in [1.807, 2.05) is 24.3 Å². The van der Waals surface area contributed by atoms with Crippen LogP contribution in [0.2, 0.25) is 0 Å². The predicted molar refractivity (Wildman–Crippen MR) is 93.5 cm³/mol. The Balaban J connectivity index is 0.00000264. The largest absolute Gasteiger partial charge is 0.497 e. The fourth-order valence-corrected chi connectivity index (χ4v) is 2.01. The van der Waals surface area contributed by atoms with E-state index in [9.17, 15) is 10.1 Å². The number of rotatable bonds is 8. The number of benzene rings is 2. The molecule has 0 radical (unpaired) electrons. The number of methoxy groups -OCH3 is 1. The third-order valence-electron chi connectivity index (χ3n) is 3.17. The van der Waals surface area contributed by atoms with Gasteiger partial charge in [0.1, 0.15) is 5.75 Å². The molecule has 0 unspecified atom stereocenters. The molecule has 2 N–H and O–H groups in total. The summed E-state index contributed by atoms with van der Waals surface area (Å²) in [5.74, 6) is 0.850. The monoisotopic (exact) mass is 337 g/mol. The summed E-state index contributed by atoms with van der Waals surface area (Å²) in [6, 6.07) is 14.3. The van der Waals surface area contributed by atoms with Crippen molar-refractivity contribution in [3.05, 3.63) is 64.2 Å². The second-order valence-electron chi connectivity index (χ2n) is 4.76. The van der Waals surface area contributed by atoms with Crippen molar-refractivity contribution in [2.45, 2.75) is 6.54 Å². The van der Waals surface area contributed by atoms with E-state index in [0.717, 1.165) is 36.6 Å². The van der Waals surface area contributed by atoms with Gasteiger partial charge in [0.15, 0.2) is 0 Å². The number of nitrogens with zero attached hydrogens (tertiary/aromatic N) is 1. The lowest BCUT2D eigenvalue weighted by Crippen LogP contribution is -2.21. The number of halogens is 1. The summed E-state index contributed by atoms with van der Waals surface area (Å²) in [6.07, 6.45) is 0. The van der Waals surface area contributed by atoms with E-state index in [2.05, 4.69) is 10.6 Å². The van der Waals surface area contributed by atoms with Crippen LogP contribution in [-0.2, 0) is 6.54 Å². The van der Waals surface area contributed by atoms with Crippen molar-refractivity contribution in [3.8, 4) is 5.75 Å². The number of hydrogen-bond acceptors (Lipinski definition) is 5. The summed E-state index contributed by atoms with van der Waals surface area (Å²) in [4.78, 5) is 10.2. The molecule has 0 bridgehead atoms. The standard InChI is InChI=1S/C16H19N3O3.ClH/c1-22-16-4-2-3-13(11-16)12-17-9-10-18-14-5-7-15(8-6-14)19(20)21;/h2-8,11,17-18H,9-10,12H2,1H3;1H. The average Bonchev–Trinajstić information content (AvgIpc) is 2.55. The molecule has 0 spiro atoms. The van der Waals surface area contributed by atoms with Gasteiger partial charge in [0.2, 0.25) is 0 Å². The molecule has 0 saturated heterocycles. The highest BCUT2D eigenvalue weighted by Crippen LogP contribution is 2.15. The molecule has 0 fully saturated rings. The summed E-state index contributed by atoms with van der Waals surface area (Å²) in [6.45, 7) is 2.29. The zero-order valence-electron chi connectivity index (χ0n) is 12.8. The van der Waals surface area contributed by atoms with E-state index in [1.54, 1.807) is 19.2 Å². The summed E-state index contributed by atoms with van der Waals surface area (Å²) in [7, 11) is 1.65. The molecule has 2 rings (SSSR count). The van der Waals surface area contributed by atoms with Crippen LogP contribution in [0.3, 0.4) is 0 Å². The molecule has 6 nitrogen and oxygen atoms in total. The van der Waals surface area contributed by atoms with Gasteiger partial charge >= 0.3 is 0 Å². The average molecular weight is 338 g/mol. The molecule has 124 valence electrons. The van der Waals surface area contributed by atoms with Gasteiger partial charge in [0.05, 0.1) is 12.0 Å². The minimum atomic E-state index is -0.403. The van der Waals surface area contributed by atoms with E-state index in [0.29, 0.717) is 0 Å². The highest BCUT2D eigenvalue weighted by molar-refractivity contribution is 5.85. The van der Waals surface area contributed by atoms with Gasteiger partial charge in [0.25, 0.3) is 5.69 Å². The number of anilines is 1. The molecule has 23 heavy (non-hydrogen) atoms. The Labute approximate surface area is 141 Å².